The summed E-state index contributed by atoms with van der Waals surface area (Å²) in [7, 11) is 1.43. The van der Waals surface area contributed by atoms with Crippen molar-refractivity contribution in [2.45, 2.75) is 58.0 Å². The zero-order valence-corrected chi connectivity index (χ0v) is 13.0. The van der Waals surface area contributed by atoms with Gasteiger partial charge < -0.3 is 4.74 Å². The van der Waals surface area contributed by atoms with Gasteiger partial charge in [0.25, 0.3) is 0 Å². The molecule has 1 unspecified atom stereocenters. The van der Waals surface area contributed by atoms with Crippen molar-refractivity contribution in [2.24, 2.45) is 0 Å². The van der Waals surface area contributed by atoms with Crippen molar-refractivity contribution < 1.29 is 9.53 Å². The quantitative estimate of drug-likeness (QED) is 0.858. The van der Waals surface area contributed by atoms with Gasteiger partial charge >= 0.3 is 5.97 Å². The van der Waals surface area contributed by atoms with E-state index in [9.17, 15) is 4.79 Å². The Morgan fingerprint density at radius 1 is 1.25 bits per heavy atom. The summed E-state index contributed by atoms with van der Waals surface area (Å²) in [5.74, 6) is -0.234. The third kappa shape index (κ3) is 3.21. The molecule has 1 N–H and O–H groups in total. The van der Waals surface area contributed by atoms with E-state index in [2.05, 4.69) is 30.4 Å². The molecule has 0 saturated carbocycles. The molecule has 1 aromatic rings. The minimum absolute atomic E-state index is 0.122. The molecule has 110 valence electrons. The van der Waals surface area contributed by atoms with E-state index in [0.29, 0.717) is 0 Å². The first kappa shape index (κ1) is 15.0. The summed E-state index contributed by atoms with van der Waals surface area (Å²) < 4.78 is 4.84. The van der Waals surface area contributed by atoms with Gasteiger partial charge in [-0.25, -0.2) is 0 Å². The van der Waals surface area contributed by atoms with Crippen LogP contribution in [0.5, 0.6) is 0 Å². The van der Waals surface area contributed by atoms with Crippen molar-refractivity contribution in [1.82, 2.24) is 5.32 Å². The molecule has 0 spiro atoms. The van der Waals surface area contributed by atoms with Crippen LogP contribution < -0.4 is 5.32 Å². The van der Waals surface area contributed by atoms with E-state index in [1.54, 1.807) is 0 Å². The second kappa shape index (κ2) is 5.96. The lowest BCUT2D eigenvalue weighted by Crippen LogP contribution is -2.48. The van der Waals surface area contributed by atoms with Gasteiger partial charge in [-0.15, -0.1) is 0 Å². The molecule has 20 heavy (non-hydrogen) atoms. The molecule has 1 atom stereocenters. The number of hydrogen-bond donors (Lipinski definition) is 1. The molecule has 1 aliphatic rings. The van der Waals surface area contributed by atoms with Crippen LogP contribution in [-0.4, -0.2) is 18.6 Å². The molecule has 1 aliphatic carbocycles. The number of ether oxygens (including phenoxy) is 1. The van der Waals surface area contributed by atoms with Crippen molar-refractivity contribution in [3.05, 3.63) is 34.9 Å². The van der Waals surface area contributed by atoms with Crippen LogP contribution in [0.15, 0.2) is 18.2 Å². The fraction of sp³-hybridized carbons (Fsp3) is 0.588. The summed E-state index contributed by atoms with van der Waals surface area (Å²) in [6, 6.07) is 6.83. The maximum Gasteiger partial charge on any atom is 0.325 e. The van der Waals surface area contributed by atoms with Crippen molar-refractivity contribution in [3.8, 4) is 0 Å². The molecule has 0 fully saturated rings. The molecule has 3 nitrogen and oxygen atoms in total. The van der Waals surface area contributed by atoms with Gasteiger partial charge in [-0.3, -0.25) is 10.1 Å². The number of esters is 1. The van der Waals surface area contributed by atoms with Gasteiger partial charge in [-0.05, 0) is 63.1 Å². The summed E-state index contributed by atoms with van der Waals surface area (Å²) in [5, 5.41) is 3.36. The Bertz CT molecular complexity index is 494. The summed E-state index contributed by atoms with van der Waals surface area (Å²) in [5.41, 5.74) is 3.52. The van der Waals surface area contributed by atoms with Crippen molar-refractivity contribution in [1.29, 1.82) is 0 Å². The lowest BCUT2D eigenvalue weighted by atomic mass is 9.89. The number of carbonyl (C=O) groups excluding carboxylic acids is 1. The van der Waals surface area contributed by atoms with E-state index in [4.69, 9.17) is 4.74 Å². The summed E-state index contributed by atoms with van der Waals surface area (Å²) >= 11 is 0. The van der Waals surface area contributed by atoms with Crippen LogP contribution in [0.25, 0.3) is 0 Å². The second-order valence-corrected chi connectivity index (χ2v) is 6.22. The minimum atomic E-state index is -0.677. The lowest BCUT2D eigenvalue weighted by Gasteiger charge is -2.28. The van der Waals surface area contributed by atoms with E-state index in [-0.39, 0.29) is 12.0 Å². The number of aryl methyl sites for hydroxylation is 2. The predicted molar refractivity (Wildman–Crippen MR) is 80.7 cm³/mol. The number of fused-ring (bicyclic) bond motifs is 1. The van der Waals surface area contributed by atoms with Crippen LogP contribution >= 0.6 is 0 Å². The smallest absolute Gasteiger partial charge is 0.325 e. The van der Waals surface area contributed by atoms with Crippen LogP contribution in [0.2, 0.25) is 0 Å². The minimum Gasteiger partial charge on any atom is -0.468 e. The number of benzene rings is 1. The predicted octanol–water partition coefficient (Wildman–Crippen LogP) is 3.17. The Balaban J connectivity index is 2.13. The Kier molecular flexibility index (Phi) is 4.48. The van der Waals surface area contributed by atoms with Crippen LogP contribution in [0.1, 0.15) is 56.3 Å². The molecule has 0 radical (unpaired) electrons. The second-order valence-electron chi connectivity index (χ2n) is 6.22. The molecular formula is C17H25NO2. The van der Waals surface area contributed by atoms with Gasteiger partial charge in [0.2, 0.25) is 0 Å². The topological polar surface area (TPSA) is 38.3 Å². The first-order valence-corrected chi connectivity index (χ1v) is 7.42. The molecule has 2 rings (SSSR count). The van der Waals surface area contributed by atoms with E-state index in [1.807, 2.05) is 13.8 Å². The Morgan fingerprint density at radius 2 is 1.90 bits per heavy atom. The van der Waals surface area contributed by atoms with Crippen molar-refractivity contribution in [2.75, 3.05) is 7.11 Å². The number of nitrogens with one attached hydrogen (secondary N) is 1. The molecular weight excluding hydrogens is 250 g/mol. The highest BCUT2D eigenvalue weighted by atomic mass is 16.5. The highest BCUT2D eigenvalue weighted by molar-refractivity contribution is 5.79. The molecule has 0 heterocycles. The fourth-order valence-corrected chi connectivity index (χ4v) is 2.96. The first-order chi connectivity index (χ1) is 9.44. The molecule has 0 aromatic heterocycles. The van der Waals surface area contributed by atoms with E-state index < -0.39 is 5.54 Å². The largest absolute Gasteiger partial charge is 0.468 e. The normalized spacial score (nSPS) is 16.4. The SMILES string of the molecule is COC(=O)C(C)(C)NC(C)c1ccc2c(c1)CCCC2. The molecule has 0 aliphatic heterocycles. The lowest BCUT2D eigenvalue weighted by molar-refractivity contribution is -0.147. The number of rotatable bonds is 4. The van der Waals surface area contributed by atoms with Gasteiger partial charge in [-0.2, -0.15) is 0 Å². The van der Waals surface area contributed by atoms with Crippen molar-refractivity contribution >= 4 is 5.97 Å². The van der Waals surface area contributed by atoms with Gasteiger partial charge in [-0.1, -0.05) is 18.2 Å². The zero-order chi connectivity index (χ0) is 14.8. The molecule has 1 aromatic carbocycles. The standard InChI is InChI=1S/C17H25NO2/c1-12(18-17(2,3)16(19)20-4)14-10-9-13-7-5-6-8-15(13)11-14/h9-12,18H,5-8H2,1-4H3. The van der Waals surface area contributed by atoms with Crippen LogP contribution in [0.3, 0.4) is 0 Å². The molecule has 3 heteroatoms. The highest BCUT2D eigenvalue weighted by Crippen LogP contribution is 2.25. The van der Waals surface area contributed by atoms with E-state index >= 15 is 0 Å². The van der Waals surface area contributed by atoms with Crippen LogP contribution in [0.4, 0.5) is 0 Å². The first-order valence-electron chi connectivity index (χ1n) is 7.42. The monoisotopic (exact) mass is 275 g/mol. The average Bonchev–Trinajstić information content (AvgIpc) is 2.45. The summed E-state index contributed by atoms with van der Waals surface area (Å²) in [6.07, 6.45) is 4.96. The third-order valence-corrected chi connectivity index (χ3v) is 4.15. The van der Waals surface area contributed by atoms with E-state index in [1.165, 1.54) is 49.5 Å². The summed E-state index contributed by atoms with van der Waals surface area (Å²) in [6.45, 7) is 5.80. The number of hydrogen-bond acceptors (Lipinski definition) is 3. The van der Waals surface area contributed by atoms with E-state index in [0.717, 1.165) is 0 Å². The Hall–Kier alpha value is -1.35. The van der Waals surface area contributed by atoms with Gasteiger partial charge in [0, 0.05) is 6.04 Å². The van der Waals surface area contributed by atoms with Gasteiger partial charge in [0.1, 0.15) is 5.54 Å². The number of methoxy groups -OCH3 is 1. The maximum atomic E-state index is 11.7. The summed E-state index contributed by atoms with van der Waals surface area (Å²) in [4.78, 5) is 11.7. The maximum absolute atomic E-state index is 11.7. The zero-order valence-electron chi connectivity index (χ0n) is 13.0. The molecule has 0 saturated heterocycles. The number of carbonyl (C=O) groups is 1. The van der Waals surface area contributed by atoms with Crippen LogP contribution in [-0.2, 0) is 22.4 Å². The third-order valence-electron chi connectivity index (χ3n) is 4.15. The average molecular weight is 275 g/mol. The highest BCUT2D eigenvalue weighted by Gasteiger charge is 2.30. The van der Waals surface area contributed by atoms with Gasteiger partial charge in [0.05, 0.1) is 7.11 Å². The Morgan fingerprint density at radius 3 is 2.55 bits per heavy atom. The molecule has 0 amide bonds. The fourth-order valence-electron chi connectivity index (χ4n) is 2.96. The van der Waals surface area contributed by atoms with Gasteiger partial charge in [0.15, 0.2) is 0 Å². The Labute approximate surface area is 121 Å². The van der Waals surface area contributed by atoms with Crippen molar-refractivity contribution in [3.63, 3.8) is 0 Å². The van der Waals surface area contributed by atoms with Crippen LogP contribution in [0, 0.1) is 0 Å². The molecule has 0 bridgehead atoms.